The number of benzene rings is 2. The second-order valence-corrected chi connectivity index (χ2v) is 6.17. The number of aromatic nitrogens is 2. The molecule has 1 aromatic heterocycles. The molecule has 4 nitrogen and oxygen atoms in total. The molecule has 0 fully saturated rings. The number of nitrogens with zero attached hydrogens (tertiary/aromatic N) is 2. The van der Waals surface area contributed by atoms with Crippen LogP contribution in [0.5, 0.6) is 0 Å². The van der Waals surface area contributed by atoms with E-state index in [0.29, 0.717) is 18.0 Å². The molecule has 124 valence electrons. The van der Waals surface area contributed by atoms with E-state index < -0.39 is 12.2 Å². The first-order chi connectivity index (χ1) is 11.6. The summed E-state index contributed by atoms with van der Waals surface area (Å²) < 4.78 is 1.93. The van der Waals surface area contributed by atoms with Crippen LogP contribution in [-0.2, 0) is 6.54 Å². The van der Waals surface area contributed by atoms with Gasteiger partial charge in [-0.05, 0) is 35.2 Å². The molecular formula is C19H19ClN2O2. The van der Waals surface area contributed by atoms with Gasteiger partial charge in [0.15, 0.2) is 0 Å². The van der Waals surface area contributed by atoms with Gasteiger partial charge < -0.3 is 14.8 Å². The number of hydrogen-bond donors (Lipinski definition) is 2. The molecule has 3 aromatic rings. The fourth-order valence-electron chi connectivity index (χ4n) is 2.63. The van der Waals surface area contributed by atoms with E-state index in [1.807, 2.05) is 35.0 Å². The molecule has 0 saturated heterocycles. The molecule has 3 rings (SSSR count). The third-order valence-electron chi connectivity index (χ3n) is 4.02. The minimum Gasteiger partial charge on any atom is -0.388 e. The van der Waals surface area contributed by atoms with E-state index in [4.69, 9.17) is 11.6 Å². The van der Waals surface area contributed by atoms with Gasteiger partial charge in [0.05, 0.1) is 12.4 Å². The normalized spacial score (nSPS) is 13.6. The molecule has 2 unspecified atom stereocenters. The van der Waals surface area contributed by atoms with Gasteiger partial charge in [-0.2, -0.15) is 0 Å². The van der Waals surface area contributed by atoms with Crippen LogP contribution in [0.2, 0.25) is 5.02 Å². The van der Waals surface area contributed by atoms with Crippen molar-refractivity contribution in [1.82, 2.24) is 9.55 Å². The fourth-order valence-corrected chi connectivity index (χ4v) is 2.76. The number of aryl methyl sites for hydroxylation is 1. The van der Waals surface area contributed by atoms with E-state index in [1.165, 1.54) is 0 Å². The van der Waals surface area contributed by atoms with Crippen LogP contribution in [-0.4, -0.2) is 19.8 Å². The maximum atomic E-state index is 10.5. The molecule has 1 heterocycles. The maximum Gasteiger partial charge on any atom is 0.104 e. The van der Waals surface area contributed by atoms with Crippen LogP contribution >= 0.6 is 11.6 Å². The SMILES string of the molecule is OC(CCn1ccnc1)c1cccc(C(O)c2ccc(Cl)cc2)c1. The summed E-state index contributed by atoms with van der Waals surface area (Å²) in [5, 5.41) is 21.6. The van der Waals surface area contributed by atoms with E-state index in [-0.39, 0.29) is 0 Å². The lowest BCUT2D eigenvalue weighted by molar-refractivity contribution is 0.160. The Kier molecular flexibility index (Phi) is 5.30. The van der Waals surface area contributed by atoms with Gasteiger partial charge in [-0.3, -0.25) is 0 Å². The zero-order chi connectivity index (χ0) is 16.9. The first-order valence-corrected chi connectivity index (χ1v) is 8.18. The number of aliphatic hydroxyl groups is 2. The smallest absolute Gasteiger partial charge is 0.104 e. The molecule has 2 N–H and O–H groups in total. The van der Waals surface area contributed by atoms with Gasteiger partial charge in [0.2, 0.25) is 0 Å². The zero-order valence-corrected chi connectivity index (χ0v) is 13.8. The molecule has 0 aliphatic carbocycles. The van der Waals surface area contributed by atoms with Crippen LogP contribution in [0.25, 0.3) is 0 Å². The minimum absolute atomic E-state index is 0.580. The molecule has 2 aromatic carbocycles. The van der Waals surface area contributed by atoms with Crippen LogP contribution in [0, 0.1) is 0 Å². The Hall–Kier alpha value is -2.14. The van der Waals surface area contributed by atoms with Gasteiger partial charge in [-0.25, -0.2) is 4.98 Å². The summed E-state index contributed by atoms with van der Waals surface area (Å²) in [6.45, 7) is 0.686. The fraction of sp³-hybridized carbons (Fsp3) is 0.211. The van der Waals surface area contributed by atoms with E-state index >= 15 is 0 Å². The van der Waals surface area contributed by atoms with Crippen LogP contribution < -0.4 is 0 Å². The number of aliphatic hydroxyl groups excluding tert-OH is 2. The Bertz CT molecular complexity index is 772. The highest BCUT2D eigenvalue weighted by atomic mass is 35.5. The average molecular weight is 343 g/mol. The highest BCUT2D eigenvalue weighted by molar-refractivity contribution is 6.30. The van der Waals surface area contributed by atoms with Crippen LogP contribution in [0.3, 0.4) is 0 Å². The Morgan fingerprint density at radius 1 is 1.00 bits per heavy atom. The first kappa shape index (κ1) is 16.7. The second kappa shape index (κ2) is 7.62. The molecule has 24 heavy (non-hydrogen) atoms. The first-order valence-electron chi connectivity index (χ1n) is 7.80. The number of hydrogen-bond acceptors (Lipinski definition) is 3. The van der Waals surface area contributed by atoms with E-state index in [1.54, 1.807) is 36.8 Å². The molecule has 5 heteroatoms. The Morgan fingerprint density at radius 2 is 1.75 bits per heavy atom. The highest BCUT2D eigenvalue weighted by Crippen LogP contribution is 2.26. The molecule has 2 atom stereocenters. The van der Waals surface area contributed by atoms with Crippen LogP contribution in [0.4, 0.5) is 0 Å². The molecule has 0 bridgehead atoms. The monoisotopic (exact) mass is 342 g/mol. The largest absolute Gasteiger partial charge is 0.388 e. The average Bonchev–Trinajstić information content (AvgIpc) is 3.13. The van der Waals surface area contributed by atoms with E-state index in [2.05, 4.69) is 4.98 Å². The van der Waals surface area contributed by atoms with Crippen molar-refractivity contribution in [2.75, 3.05) is 0 Å². The van der Waals surface area contributed by atoms with Crippen molar-refractivity contribution in [2.24, 2.45) is 0 Å². The Labute approximate surface area is 146 Å². The molecular weight excluding hydrogens is 324 g/mol. The standard InChI is InChI=1S/C19H19ClN2O2/c20-17-6-4-14(5-7-17)19(24)16-3-1-2-15(12-16)18(23)8-10-22-11-9-21-13-22/h1-7,9,11-13,18-19,23-24H,8,10H2. The highest BCUT2D eigenvalue weighted by Gasteiger charge is 2.14. The van der Waals surface area contributed by atoms with Crippen molar-refractivity contribution in [3.63, 3.8) is 0 Å². The molecule has 0 saturated carbocycles. The summed E-state index contributed by atoms with van der Waals surface area (Å²) >= 11 is 5.89. The molecule has 0 radical (unpaired) electrons. The van der Waals surface area contributed by atoms with Crippen molar-refractivity contribution in [3.8, 4) is 0 Å². The summed E-state index contributed by atoms with van der Waals surface area (Å²) in [6, 6.07) is 14.5. The summed E-state index contributed by atoms with van der Waals surface area (Å²) in [6.07, 6.45) is 4.56. The van der Waals surface area contributed by atoms with Gasteiger partial charge >= 0.3 is 0 Å². The number of halogens is 1. The molecule has 0 aliphatic rings. The lowest BCUT2D eigenvalue weighted by Gasteiger charge is -2.16. The number of imidazole rings is 1. The van der Waals surface area contributed by atoms with Gasteiger partial charge in [0.1, 0.15) is 6.10 Å². The van der Waals surface area contributed by atoms with E-state index in [9.17, 15) is 10.2 Å². The maximum absolute atomic E-state index is 10.5. The topological polar surface area (TPSA) is 58.3 Å². The van der Waals surface area contributed by atoms with Crippen LogP contribution in [0.1, 0.15) is 35.3 Å². The predicted octanol–water partition coefficient (Wildman–Crippen LogP) is 3.74. The van der Waals surface area contributed by atoms with Crippen molar-refractivity contribution in [1.29, 1.82) is 0 Å². The molecule has 0 spiro atoms. The lowest BCUT2D eigenvalue weighted by atomic mass is 9.97. The molecule has 0 aliphatic heterocycles. The minimum atomic E-state index is -0.747. The van der Waals surface area contributed by atoms with Gasteiger partial charge in [0.25, 0.3) is 0 Å². The quantitative estimate of drug-likeness (QED) is 0.717. The van der Waals surface area contributed by atoms with Gasteiger partial charge in [-0.15, -0.1) is 0 Å². The Balaban J connectivity index is 1.72. The molecule has 0 amide bonds. The second-order valence-electron chi connectivity index (χ2n) is 5.73. The van der Waals surface area contributed by atoms with Crippen molar-refractivity contribution < 1.29 is 10.2 Å². The van der Waals surface area contributed by atoms with Crippen molar-refractivity contribution in [2.45, 2.75) is 25.2 Å². The Morgan fingerprint density at radius 3 is 2.46 bits per heavy atom. The summed E-state index contributed by atoms with van der Waals surface area (Å²) in [5.74, 6) is 0. The van der Waals surface area contributed by atoms with Crippen molar-refractivity contribution >= 4 is 11.6 Å². The van der Waals surface area contributed by atoms with Gasteiger partial charge in [0, 0.05) is 24.0 Å². The summed E-state index contributed by atoms with van der Waals surface area (Å²) in [4.78, 5) is 3.99. The third-order valence-corrected chi connectivity index (χ3v) is 4.27. The van der Waals surface area contributed by atoms with Crippen molar-refractivity contribution in [3.05, 3.63) is 89.0 Å². The number of rotatable bonds is 6. The summed E-state index contributed by atoms with van der Waals surface area (Å²) in [7, 11) is 0. The zero-order valence-electron chi connectivity index (χ0n) is 13.1. The summed E-state index contributed by atoms with van der Waals surface area (Å²) in [5.41, 5.74) is 2.31. The van der Waals surface area contributed by atoms with Gasteiger partial charge in [-0.1, -0.05) is 48.0 Å². The van der Waals surface area contributed by atoms with E-state index in [0.717, 1.165) is 16.7 Å². The third kappa shape index (κ3) is 4.03. The lowest BCUT2D eigenvalue weighted by Crippen LogP contribution is -2.05. The predicted molar refractivity (Wildman–Crippen MR) is 93.8 cm³/mol. The van der Waals surface area contributed by atoms with Crippen LogP contribution in [0.15, 0.2) is 67.3 Å².